The standard InChI is InChI=1S/C19H20BN/c1-3-13-9-14(4-2)11-16(10-13)19-17-8-6-5-7-15(17)12-18(20)21-19/h5-12H,3-4,20H2,1-2H3. The maximum absolute atomic E-state index is 4.82. The number of aryl methyl sites for hydroxylation is 2. The summed E-state index contributed by atoms with van der Waals surface area (Å²) >= 11 is 0. The van der Waals surface area contributed by atoms with Crippen molar-refractivity contribution in [2.45, 2.75) is 26.7 Å². The molecule has 0 aliphatic rings. The Balaban J connectivity index is 2.29. The molecule has 0 N–H and O–H groups in total. The van der Waals surface area contributed by atoms with Crippen molar-refractivity contribution in [3.63, 3.8) is 0 Å². The second-order valence-corrected chi connectivity index (χ2v) is 5.58. The predicted octanol–water partition coefficient (Wildman–Crippen LogP) is 3.29. The summed E-state index contributed by atoms with van der Waals surface area (Å²) in [5.41, 5.74) is 6.19. The first-order valence-electron chi connectivity index (χ1n) is 7.71. The van der Waals surface area contributed by atoms with E-state index in [0.717, 1.165) is 24.1 Å². The first-order chi connectivity index (χ1) is 10.2. The third-order valence-corrected chi connectivity index (χ3v) is 4.01. The van der Waals surface area contributed by atoms with E-state index in [1.807, 2.05) is 0 Å². The Kier molecular flexibility index (Phi) is 3.79. The molecule has 0 radical (unpaired) electrons. The minimum atomic E-state index is 1.06. The fraction of sp³-hybridized carbons (Fsp3) is 0.211. The van der Waals surface area contributed by atoms with E-state index in [1.54, 1.807) is 0 Å². The highest BCUT2D eigenvalue weighted by Gasteiger charge is 2.08. The van der Waals surface area contributed by atoms with Crippen LogP contribution in [-0.4, -0.2) is 12.8 Å². The molecule has 0 bridgehead atoms. The summed E-state index contributed by atoms with van der Waals surface area (Å²) in [4.78, 5) is 4.82. The van der Waals surface area contributed by atoms with Gasteiger partial charge < -0.3 is 0 Å². The van der Waals surface area contributed by atoms with Crippen LogP contribution in [0.3, 0.4) is 0 Å². The van der Waals surface area contributed by atoms with Crippen molar-refractivity contribution in [3.05, 3.63) is 59.7 Å². The van der Waals surface area contributed by atoms with Crippen molar-refractivity contribution in [3.8, 4) is 11.3 Å². The summed E-state index contributed by atoms with van der Waals surface area (Å²) in [6.45, 7) is 4.42. The van der Waals surface area contributed by atoms with Gasteiger partial charge in [-0.1, -0.05) is 44.2 Å². The Hall–Kier alpha value is -2.09. The third-order valence-electron chi connectivity index (χ3n) is 4.01. The molecule has 0 atom stereocenters. The van der Waals surface area contributed by atoms with Gasteiger partial charge in [-0.05, 0) is 53.1 Å². The van der Waals surface area contributed by atoms with Crippen LogP contribution in [0.5, 0.6) is 0 Å². The van der Waals surface area contributed by atoms with Crippen LogP contribution in [-0.2, 0) is 12.8 Å². The van der Waals surface area contributed by atoms with Crippen molar-refractivity contribution in [1.29, 1.82) is 0 Å². The third kappa shape index (κ3) is 2.71. The summed E-state index contributed by atoms with van der Waals surface area (Å²) in [6.07, 6.45) is 2.12. The lowest BCUT2D eigenvalue weighted by Gasteiger charge is -2.11. The molecule has 0 aliphatic heterocycles. The summed E-state index contributed by atoms with van der Waals surface area (Å²) in [6, 6.07) is 17.5. The maximum Gasteiger partial charge on any atom is 0.163 e. The Morgan fingerprint density at radius 3 is 2.24 bits per heavy atom. The van der Waals surface area contributed by atoms with Crippen LogP contribution >= 0.6 is 0 Å². The second kappa shape index (κ2) is 5.73. The van der Waals surface area contributed by atoms with Crippen molar-refractivity contribution in [2.75, 3.05) is 0 Å². The molecule has 21 heavy (non-hydrogen) atoms. The number of nitrogens with zero attached hydrogens (tertiary/aromatic N) is 1. The first-order valence-corrected chi connectivity index (χ1v) is 7.71. The Labute approximate surface area is 127 Å². The van der Waals surface area contributed by atoms with Crippen LogP contribution in [0, 0.1) is 0 Å². The summed E-state index contributed by atoms with van der Waals surface area (Å²) in [7, 11) is 2.07. The van der Waals surface area contributed by atoms with Gasteiger partial charge in [0, 0.05) is 10.9 Å². The average Bonchev–Trinajstić information content (AvgIpc) is 2.53. The van der Waals surface area contributed by atoms with Crippen molar-refractivity contribution in [1.82, 2.24) is 4.98 Å². The van der Waals surface area contributed by atoms with E-state index in [4.69, 9.17) is 4.98 Å². The van der Waals surface area contributed by atoms with E-state index in [-0.39, 0.29) is 0 Å². The lowest BCUT2D eigenvalue weighted by atomic mass is 9.94. The number of rotatable bonds is 3. The molecule has 1 aromatic heterocycles. The quantitative estimate of drug-likeness (QED) is 0.667. The highest BCUT2D eigenvalue weighted by Crippen LogP contribution is 2.27. The van der Waals surface area contributed by atoms with Gasteiger partial charge in [-0.2, -0.15) is 0 Å². The van der Waals surface area contributed by atoms with E-state index in [9.17, 15) is 0 Å². The van der Waals surface area contributed by atoms with Crippen LogP contribution in [0.2, 0.25) is 0 Å². The number of fused-ring (bicyclic) bond motifs is 1. The maximum atomic E-state index is 4.82. The topological polar surface area (TPSA) is 12.9 Å². The molecule has 0 amide bonds. The van der Waals surface area contributed by atoms with Gasteiger partial charge in [-0.3, -0.25) is 4.98 Å². The average molecular weight is 273 g/mol. The molecule has 0 saturated heterocycles. The molecular formula is C19H20BN. The van der Waals surface area contributed by atoms with Crippen molar-refractivity contribution in [2.24, 2.45) is 0 Å². The van der Waals surface area contributed by atoms with Gasteiger partial charge in [0.05, 0.1) is 5.69 Å². The zero-order chi connectivity index (χ0) is 14.8. The van der Waals surface area contributed by atoms with Crippen LogP contribution in [0.1, 0.15) is 25.0 Å². The van der Waals surface area contributed by atoms with Crippen molar-refractivity contribution < 1.29 is 0 Å². The van der Waals surface area contributed by atoms with Gasteiger partial charge >= 0.3 is 0 Å². The number of benzene rings is 2. The van der Waals surface area contributed by atoms with Crippen LogP contribution in [0.15, 0.2) is 48.5 Å². The summed E-state index contributed by atoms with van der Waals surface area (Å²) < 4.78 is 0. The molecule has 104 valence electrons. The second-order valence-electron chi connectivity index (χ2n) is 5.58. The normalized spacial score (nSPS) is 11.0. The van der Waals surface area contributed by atoms with E-state index >= 15 is 0 Å². The van der Waals surface area contributed by atoms with Gasteiger partial charge in [0.25, 0.3) is 0 Å². The number of hydrogen-bond donors (Lipinski definition) is 0. The lowest BCUT2D eigenvalue weighted by Crippen LogP contribution is -2.09. The molecule has 1 nitrogen and oxygen atoms in total. The summed E-state index contributed by atoms with van der Waals surface area (Å²) in [5.74, 6) is 0. The van der Waals surface area contributed by atoms with E-state index < -0.39 is 0 Å². The molecule has 0 spiro atoms. The SMILES string of the molecule is Bc1cc2ccccc2c(-c2cc(CC)cc(CC)c2)n1. The molecule has 2 aromatic carbocycles. The van der Waals surface area contributed by atoms with Crippen molar-refractivity contribution >= 4 is 24.2 Å². The molecule has 0 aliphatic carbocycles. The van der Waals surface area contributed by atoms with E-state index in [1.165, 1.54) is 27.5 Å². The number of pyridine rings is 1. The Morgan fingerprint density at radius 2 is 1.57 bits per heavy atom. The van der Waals surface area contributed by atoms with E-state index in [0.29, 0.717) is 0 Å². The largest absolute Gasteiger partial charge is 0.263 e. The lowest BCUT2D eigenvalue weighted by molar-refractivity contribution is 1.09. The van der Waals surface area contributed by atoms with E-state index in [2.05, 4.69) is 70.2 Å². The Bertz CT molecular complexity index is 770. The minimum Gasteiger partial charge on any atom is -0.263 e. The fourth-order valence-electron chi connectivity index (χ4n) is 2.86. The molecule has 3 aromatic rings. The molecule has 0 fully saturated rings. The van der Waals surface area contributed by atoms with Crippen LogP contribution < -0.4 is 5.59 Å². The fourth-order valence-corrected chi connectivity index (χ4v) is 2.86. The summed E-state index contributed by atoms with van der Waals surface area (Å²) in [5, 5.41) is 2.50. The molecule has 0 unspecified atom stereocenters. The van der Waals surface area contributed by atoms with Crippen LogP contribution in [0.25, 0.3) is 22.0 Å². The number of hydrogen-bond acceptors (Lipinski definition) is 1. The highest BCUT2D eigenvalue weighted by atomic mass is 14.7. The first kappa shape index (κ1) is 13.9. The Morgan fingerprint density at radius 1 is 0.905 bits per heavy atom. The number of aromatic nitrogens is 1. The van der Waals surface area contributed by atoms with Gasteiger partial charge in [0.2, 0.25) is 0 Å². The zero-order valence-electron chi connectivity index (χ0n) is 13.0. The molecule has 3 rings (SSSR count). The molecule has 0 saturated carbocycles. The predicted molar refractivity (Wildman–Crippen MR) is 94.1 cm³/mol. The smallest absolute Gasteiger partial charge is 0.163 e. The van der Waals surface area contributed by atoms with Gasteiger partial charge in [0.15, 0.2) is 7.85 Å². The van der Waals surface area contributed by atoms with Gasteiger partial charge in [-0.15, -0.1) is 0 Å². The van der Waals surface area contributed by atoms with Gasteiger partial charge in [-0.25, -0.2) is 0 Å². The van der Waals surface area contributed by atoms with Crippen LogP contribution in [0.4, 0.5) is 0 Å². The highest BCUT2D eigenvalue weighted by molar-refractivity contribution is 6.32. The molecule has 1 heterocycles. The minimum absolute atomic E-state index is 1.06. The zero-order valence-corrected chi connectivity index (χ0v) is 13.0. The monoisotopic (exact) mass is 273 g/mol. The molecular weight excluding hydrogens is 253 g/mol. The van der Waals surface area contributed by atoms with Gasteiger partial charge in [0.1, 0.15) is 0 Å². The molecule has 2 heteroatoms.